The van der Waals surface area contributed by atoms with Gasteiger partial charge >= 0.3 is 11.6 Å². The highest BCUT2D eigenvalue weighted by atomic mass is 16.6. The van der Waals surface area contributed by atoms with E-state index in [1.54, 1.807) is 0 Å². The Hall–Kier alpha value is -4.08. The van der Waals surface area contributed by atoms with Crippen molar-refractivity contribution in [2.75, 3.05) is 14.2 Å². The van der Waals surface area contributed by atoms with E-state index in [9.17, 15) is 24.8 Å². The predicted molar refractivity (Wildman–Crippen MR) is 99.5 cm³/mol. The first kappa shape index (κ1) is 19.7. The lowest BCUT2D eigenvalue weighted by Gasteiger charge is -2.11. The monoisotopic (exact) mass is 401 g/mol. The summed E-state index contributed by atoms with van der Waals surface area (Å²) in [4.78, 5) is 34.8. The van der Waals surface area contributed by atoms with Crippen molar-refractivity contribution in [3.63, 3.8) is 0 Å². The number of carbonyl (C=O) groups is 1. The van der Waals surface area contributed by atoms with Crippen molar-refractivity contribution in [3.05, 3.63) is 68.1 Å². The van der Waals surface area contributed by atoms with Crippen LogP contribution in [0.5, 0.6) is 17.2 Å². The SMILES string of the molecule is COc1cc(C(=O)OCc2cc(=O)oc3cc(O)ccc23)c([N+](=O)[O-])cc1OC. The number of carbonyl (C=O) groups excluding carboxylic acids is 1. The van der Waals surface area contributed by atoms with Crippen molar-refractivity contribution in [2.45, 2.75) is 6.61 Å². The number of hydrogen-bond acceptors (Lipinski definition) is 9. The van der Waals surface area contributed by atoms with Crippen LogP contribution in [0.1, 0.15) is 15.9 Å². The molecule has 1 aromatic heterocycles. The van der Waals surface area contributed by atoms with E-state index in [0.717, 1.165) is 18.2 Å². The fourth-order valence-electron chi connectivity index (χ4n) is 2.74. The number of fused-ring (bicyclic) bond motifs is 1. The molecule has 0 atom stereocenters. The molecule has 0 unspecified atom stereocenters. The molecule has 10 heteroatoms. The molecule has 3 aromatic rings. The number of benzene rings is 2. The van der Waals surface area contributed by atoms with E-state index in [-0.39, 0.29) is 35.0 Å². The molecular formula is C19H15NO9. The van der Waals surface area contributed by atoms with Crippen molar-refractivity contribution in [3.8, 4) is 17.2 Å². The number of nitro benzene ring substituents is 1. The van der Waals surface area contributed by atoms with Crippen LogP contribution in [0.4, 0.5) is 5.69 Å². The van der Waals surface area contributed by atoms with Crippen LogP contribution < -0.4 is 15.1 Å². The summed E-state index contributed by atoms with van der Waals surface area (Å²) < 4.78 is 20.3. The average Bonchev–Trinajstić information content (AvgIpc) is 2.69. The van der Waals surface area contributed by atoms with Gasteiger partial charge in [-0.2, -0.15) is 0 Å². The molecule has 3 rings (SSSR count). The largest absolute Gasteiger partial charge is 0.508 e. The topological polar surface area (TPSA) is 138 Å². The maximum Gasteiger partial charge on any atom is 0.345 e. The summed E-state index contributed by atoms with van der Waals surface area (Å²) in [7, 11) is 2.63. The third-order valence-corrected chi connectivity index (χ3v) is 4.09. The number of nitro groups is 1. The van der Waals surface area contributed by atoms with E-state index in [1.165, 1.54) is 32.4 Å². The van der Waals surface area contributed by atoms with Gasteiger partial charge in [-0.1, -0.05) is 0 Å². The van der Waals surface area contributed by atoms with Gasteiger partial charge in [0.1, 0.15) is 23.5 Å². The van der Waals surface area contributed by atoms with Crippen LogP contribution in [0.2, 0.25) is 0 Å². The van der Waals surface area contributed by atoms with Crippen LogP contribution in [0, 0.1) is 10.1 Å². The number of rotatable bonds is 6. The molecule has 29 heavy (non-hydrogen) atoms. The molecule has 0 amide bonds. The second-order valence-electron chi connectivity index (χ2n) is 5.83. The highest BCUT2D eigenvalue weighted by Crippen LogP contribution is 2.35. The lowest BCUT2D eigenvalue weighted by Crippen LogP contribution is -2.10. The minimum absolute atomic E-state index is 0.0854. The Morgan fingerprint density at radius 3 is 2.48 bits per heavy atom. The molecule has 10 nitrogen and oxygen atoms in total. The van der Waals surface area contributed by atoms with Crippen molar-refractivity contribution in [1.82, 2.24) is 0 Å². The Morgan fingerprint density at radius 1 is 1.14 bits per heavy atom. The third-order valence-electron chi connectivity index (χ3n) is 4.09. The zero-order valence-electron chi connectivity index (χ0n) is 15.3. The van der Waals surface area contributed by atoms with E-state index in [1.807, 2.05) is 0 Å². The lowest BCUT2D eigenvalue weighted by molar-refractivity contribution is -0.385. The molecule has 2 aromatic carbocycles. The quantitative estimate of drug-likeness (QED) is 0.286. The number of aromatic hydroxyl groups is 1. The number of phenolic OH excluding ortho intramolecular Hbond substituents is 1. The number of ether oxygens (including phenoxy) is 3. The second kappa shape index (κ2) is 7.89. The summed E-state index contributed by atoms with van der Waals surface area (Å²) in [5.74, 6) is -0.887. The van der Waals surface area contributed by atoms with Crippen molar-refractivity contribution >= 4 is 22.6 Å². The Bertz CT molecular complexity index is 1170. The van der Waals surface area contributed by atoms with Crippen molar-refractivity contribution in [1.29, 1.82) is 0 Å². The number of phenols is 1. The van der Waals surface area contributed by atoms with E-state index >= 15 is 0 Å². The highest BCUT2D eigenvalue weighted by Gasteiger charge is 2.26. The van der Waals surface area contributed by atoms with Crippen LogP contribution in [0.15, 0.2) is 45.6 Å². The summed E-state index contributed by atoms with van der Waals surface area (Å²) in [6.07, 6.45) is 0. The van der Waals surface area contributed by atoms with Gasteiger partial charge in [0, 0.05) is 29.1 Å². The van der Waals surface area contributed by atoms with Gasteiger partial charge in [-0.05, 0) is 12.1 Å². The summed E-state index contributed by atoms with van der Waals surface area (Å²) in [6.45, 7) is -0.350. The predicted octanol–water partition coefficient (Wildman–Crippen LogP) is 2.78. The molecule has 0 saturated carbocycles. The second-order valence-corrected chi connectivity index (χ2v) is 5.83. The van der Waals surface area contributed by atoms with Gasteiger partial charge in [0.2, 0.25) is 0 Å². The normalized spacial score (nSPS) is 10.6. The molecule has 0 bridgehead atoms. The van der Waals surface area contributed by atoms with E-state index in [4.69, 9.17) is 18.6 Å². The Kier molecular flexibility index (Phi) is 5.35. The van der Waals surface area contributed by atoms with Crippen LogP contribution in [-0.2, 0) is 11.3 Å². The number of esters is 1. The zero-order valence-corrected chi connectivity index (χ0v) is 15.3. The molecular weight excluding hydrogens is 386 g/mol. The fourth-order valence-corrected chi connectivity index (χ4v) is 2.74. The lowest BCUT2D eigenvalue weighted by atomic mass is 10.1. The van der Waals surface area contributed by atoms with Crippen LogP contribution in [-0.4, -0.2) is 30.2 Å². The molecule has 1 N–H and O–H groups in total. The molecule has 0 aliphatic carbocycles. The summed E-state index contributed by atoms with van der Waals surface area (Å²) >= 11 is 0. The minimum atomic E-state index is -0.988. The van der Waals surface area contributed by atoms with E-state index < -0.39 is 22.2 Å². The van der Waals surface area contributed by atoms with Gasteiger partial charge in [0.25, 0.3) is 5.69 Å². The van der Waals surface area contributed by atoms with Crippen molar-refractivity contribution in [2.24, 2.45) is 0 Å². The van der Waals surface area contributed by atoms with E-state index in [2.05, 4.69) is 0 Å². The zero-order chi connectivity index (χ0) is 21.1. The first-order chi connectivity index (χ1) is 13.8. The smallest absolute Gasteiger partial charge is 0.345 e. The van der Waals surface area contributed by atoms with Crippen molar-refractivity contribution < 1.29 is 33.5 Å². The number of nitrogens with zero attached hydrogens (tertiary/aromatic N) is 1. The highest BCUT2D eigenvalue weighted by molar-refractivity contribution is 5.95. The fraction of sp³-hybridized carbons (Fsp3) is 0.158. The van der Waals surface area contributed by atoms with Crippen LogP contribution >= 0.6 is 0 Å². The Labute approximate surface area is 163 Å². The molecule has 0 aliphatic heterocycles. The van der Waals surface area contributed by atoms with Gasteiger partial charge in [0.15, 0.2) is 11.5 Å². The minimum Gasteiger partial charge on any atom is -0.508 e. The molecule has 0 saturated heterocycles. The van der Waals surface area contributed by atoms with Crippen LogP contribution in [0.3, 0.4) is 0 Å². The summed E-state index contributed by atoms with van der Waals surface area (Å²) in [5, 5.41) is 21.3. The number of methoxy groups -OCH3 is 2. The molecule has 0 fully saturated rings. The molecule has 0 radical (unpaired) electrons. The molecule has 0 spiro atoms. The molecule has 1 heterocycles. The Morgan fingerprint density at radius 2 is 1.83 bits per heavy atom. The van der Waals surface area contributed by atoms with Gasteiger partial charge in [-0.15, -0.1) is 0 Å². The maximum absolute atomic E-state index is 12.5. The summed E-state index contributed by atoms with van der Waals surface area (Å²) in [5.41, 5.74) is -1.13. The summed E-state index contributed by atoms with van der Waals surface area (Å²) in [6, 6.07) is 7.47. The van der Waals surface area contributed by atoms with Gasteiger partial charge < -0.3 is 23.7 Å². The van der Waals surface area contributed by atoms with E-state index in [0.29, 0.717) is 10.9 Å². The molecule has 150 valence electrons. The van der Waals surface area contributed by atoms with Crippen LogP contribution in [0.25, 0.3) is 11.0 Å². The first-order valence-electron chi connectivity index (χ1n) is 8.17. The Balaban J connectivity index is 1.95. The first-order valence-corrected chi connectivity index (χ1v) is 8.17. The standard InChI is InChI=1S/C19H15NO9/c1-26-16-7-13(14(20(24)25)8-17(16)27-2)19(23)28-9-10-5-18(22)29-15-6-11(21)3-4-12(10)15/h3-8,21H,9H2,1-2H3. The maximum atomic E-state index is 12.5. The van der Waals surface area contributed by atoms with Gasteiger partial charge in [-0.25, -0.2) is 9.59 Å². The number of hydrogen-bond donors (Lipinski definition) is 1. The molecule has 0 aliphatic rings. The van der Waals surface area contributed by atoms with Gasteiger partial charge in [-0.3, -0.25) is 10.1 Å². The third kappa shape index (κ3) is 3.95. The van der Waals surface area contributed by atoms with Gasteiger partial charge in [0.05, 0.1) is 25.2 Å². The average molecular weight is 401 g/mol.